The summed E-state index contributed by atoms with van der Waals surface area (Å²) in [6.07, 6.45) is -8.41. The third kappa shape index (κ3) is 7.36. The van der Waals surface area contributed by atoms with Gasteiger partial charge in [-0.25, -0.2) is 4.79 Å². The average Bonchev–Trinajstić information content (AvgIpc) is 3.57. The van der Waals surface area contributed by atoms with Crippen molar-refractivity contribution in [1.82, 2.24) is 20.4 Å². The summed E-state index contributed by atoms with van der Waals surface area (Å²) in [5.41, 5.74) is 2.98. The van der Waals surface area contributed by atoms with Gasteiger partial charge in [-0.15, -0.1) is 0 Å². The molecule has 16 heteroatoms. The molecule has 6 atom stereocenters. The molecule has 1 aromatic rings. The predicted octanol–water partition coefficient (Wildman–Crippen LogP) is -0.0320. The lowest BCUT2D eigenvalue weighted by Gasteiger charge is -2.41. The molecule has 2 saturated heterocycles. The first-order chi connectivity index (χ1) is 20.0. The summed E-state index contributed by atoms with van der Waals surface area (Å²) in [6, 6.07) is -0.198. The number of carboxylic acid groups (broad SMARTS) is 1. The Morgan fingerprint density at radius 2 is 1.60 bits per heavy atom. The number of amides is 5. The molecule has 2 aliphatic rings. The van der Waals surface area contributed by atoms with Crippen molar-refractivity contribution in [2.45, 2.75) is 88.0 Å². The standard InChI is InChI=1S/C27H36F3N5O8/c1-14(36)19(21(31)38)32-24(41)26(13-16-6-8-17(9-7-16)27(28,29)30)10-4-12-35(26)22(39)18-5-3-11-34(18)23(40)20(15(2)37)33-25(42)43/h6-9,14-15,18-20,33,36-37H,3-5,10-13H2,1-2H3,(H2,31,38)(H,32,41)(H,42,43)/t14?,15?,18-,19?,20?,26?/m0/s1. The number of alkyl halides is 3. The summed E-state index contributed by atoms with van der Waals surface area (Å²) in [7, 11) is 0. The van der Waals surface area contributed by atoms with Crippen LogP contribution in [0.5, 0.6) is 0 Å². The van der Waals surface area contributed by atoms with Gasteiger partial charge in [0.15, 0.2) is 0 Å². The van der Waals surface area contributed by atoms with Gasteiger partial charge in [-0.05, 0) is 57.2 Å². The molecule has 5 amide bonds. The molecule has 2 aliphatic heterocycles. The van der Waals surface area contributed by atoms with Crippen molar-refractivity contribution in [2.75, 3.05) is 13.1 Å². The number of benzene rings is 1. The molecule has 0 aliphatic carbocycles. The van der Waals surface area contributed by atoms with E-state index in [9.17, 15) is 47.4 Å². The van der Waals surface area contributed by atoms with Gasteiger partial charge in [0.1, 0.15) is 23.7 Å². The highest BCUT2D eigenvalue weighted by Crippen LogP contribution is 2.37. The topological polar surface area (TPSA) is 203 Å². The number of nitrogens with two attached hydrogens (primary N) is 1. The minimum Gasteiger partial charge on any atom is -0.465 e. The van der Waals surface area contributed by atoms with E-state index in [0.29, 0.717) is 6.42 Å². The number of primary amides is 1. The van der Waals surface area contributed by atoms with Crippen molar-refractivity contribution in [3.8, 4) is 0 Å². The van der Waals surface area contributed by atoms with Crippen LogP contribution in [-0.2, 0) is 31.8 Å². The minimum absolute atomic E-state index is 0.0224. The van der Waals surface area contributed by atoms with Gasteiger partial charge >= 0.3 is 12.3 Å². The molecular weight excluding hydrogens is 579 g/mol. The SMILES string of the molecule is CC(O)C(NC(=O)C1(Cc2ccc(C(F)(F)F)cc2)CCCN1C(=O)[C@@H]1CCCN1C(=O)C(NC(=O)O)C(C)O)C(N)=O. The smallest absolute Gasteiger partial charge is 0.416 e. The normalized spacial score (nSPS) is 23.3. The largest absolute Gasteiger partial charge is 0.465 e. The Bertz CT molecular complexity index is 1230. The highest BCUT2D eigenvalue weighted by molar-refractivity contribution is 5.98. The fraction of sp³-hybridized carbons (Fsp3) is 0.593. The number of halogens is 3. The maximum absolute atomic E-state index is 14.1. The van der Waals surface area contributed by atoms with Crippen LogP contribution in [0.4, 0.5) is 18.0 Å². The van der Waals surface area contributed by atoms with E-state index in [0.717, 1.165) is 17.0 Å². The predicted molar refractivity (Wildman–Crippen MR) is 143 cm³/mol. The number of nitrogens with zero attached hydrogens (tertiary/aromatic N) is 2. The molecule has 7 N–H and O–H groups in total. The van der Waals surface area contributed by atoms with E-state index >= 15 is 0 Å². The van der Waals surface area contributed by atoms with Crippen molar-refractivity contribution in [3.63, 3.8) is 0 Å². The summed E-state index contributed by atoms with van der Waals surface area (Å²) in [5.74, 6) is -3.43. The fourth-order valence-electron chi connectivity index (χ4n) is 5.72. The van der Waals surface area contributed by atoms with Crippen LogP contribution in [0.2, 0.25) is 0 Å². The summed E-state index contributed by atoms with van der Waals surface area (Å²) < 4.78 is 39.5. The minimum atomic E-state index is -4.60. The number of rotatable bonds is 10. The fourth-order valence-corrected chi connectivity index (χ4v) is 5.72. The van der Waals surface area contributed by atoms with Gasteiger partial charge in [0.2, 0.25) is 23.6 Å². The Morgan fingerprint density at radius 1 is 1.00 bits per heavy atom. The number of likely N-dealkylation sites (tertiary alicyclic amines) is 2. The van der Waals surface area contributed by atoms with Crippen molar-refractivity contribution in [3.05, 3.63) is 35.4 Å². The van der Waals surface area contributed by atoms with Crippen LogP contribution in [0.15, 0.2) is 24.3 Å². The molecule has 0 saturated carbocycles. The zero-order valence-corrected chi connectivity index (χ0v) is 23.6. The first-order valence-corrected chi connectivity index (χ1v) is 13.7. The van der Waals surface area contributed by atoms with Crippen LogP contribution < -0.4 is 16.4 Å². The number of hydrogen-bond donors (Lipinski definition) is 6. The first-order valence-electron chi connectivity index (χ1n) is 13.7. The maximum atomic E-state index is 14.1. The molecule has 238 valence electrons. The molecule has 13 nitrogen and oxygen atoms in total. The number of carbonyl (C=O) groups excluding carboxylic acids is 4. The van der Waals surface area contributed by atoms with Crippen molar-refractivity contribution < 1.29 is 52.5 Å². The Balaban J connectivity index is 2.00. The zero-order chi connectivity index (χ0) is 32.3. The van der Waals surface area contributed by atoms with Crippen LogP contribution in [0.1, 0.15) is 50.7 Å². The first kappa shape index (κ1) is 33.6. The van der Waals surface area contributed by atoms with E-state index in [-0.39, 0.29) is 44.3 Å². The van der Waals surface area contributed by atoms with Crippen LogP contribution in [0.25, 0.3) is 0 Å². The van der Waals surface area contributed by atoms with Gasteiger partial charge in [-0.3, -0.25) is 19.2 Å². The lowest BCUT2D eigenvalue weighted by molar-refractivity contribution is -0.153. The quantitative estimate of drug-likeness (QED) is 0.210. The van der Waals surface area contributed by atoms with Crippen LogP contribution >= 0.6 is 0 Å². The summed E-state index contributed by atoms with van der Waals surface area (Å²) in [6.45, 7) is 2.52. The van der Waals surface area contributed by atoms with Crippen LogP contribution in [0, 0.1) is 0 Å². The molecule has 0 aromatic heterocycles. The molecule has 0 radical (unpaired) electrons. The van der Waals surface area contributed by atoms with Gasteiger partial charge in [0.05, 0.1) is 17.8 Å². The molecule has 0 spiro atoms. The number of aliphatic hydroxyl groups is 2. The second kappa shape index (κ2) is 13.2. The maximum Gasteiger partial charge on any atom is 0.416 e. The van der Waals surface area contributed by atoms with E-state index in [1.54, 1.807) is 0 Å². The molecule has 2 fully saturated rings. The number of carbonyl (C=O) groups is 5. The Morgan fingerprint density at radius 3 is 2.12 bits per heavy atom. The van der Waals surface area contributed by atoms with E-state index in [1.165, 1.54) is 30.9 Å². The third-order valence-corrected chi connectivity index (χ3v) is 7.88. The van der Waals surface area contributed by atoms with Gasteiger partial charge in [0, 0.05) is 19.5 Å². The average molecular weight is 616 g/mol. The van der Waals surface area contributed by atoms with Crippen molar-refractivity contribution in [2.24, 2.45) is 5.73 Å². The lowest BCUT2D eigenvalue weighted by atomic mass is 9.85. The Hall–Kier alpha value is -3.92. The van der Waals surface area contributed by atoms with Crippen molar-refractivity contribution in [1.29, 1.82) is 0 Å². The monoisotopic (exact) mass is 615 g/mol. The Labute approximate surface area is 245 Å². The zero-order valence-electron chi connectivity index (χ0n) is 23.6. The van der Waals surface area contributed by atoms with Gasteiger partial charge in [-0.1, -0.05) is 12.1 Å². The highest BCUT2D eigenvalue weighted by Gasteiger charge is 2.53. The highest BCUT2D eigenvalue weighted by atomic mass is 19.4. The molecule has 1 aromatic carbocycles. The van der Waals surface area contributed by atoms with E-state index in [1.807, 2.05) is 5.32 Å². The molecule has 3 rings (SSSR count). The van der Waals surface area contributed by atoms with Gasteiger partial charge in [-0.2, -0.15) is 13.2 Å². The van der Waals surface area contributed by atoms with Crippen LogP contribution in [0.3, 0.4) is 0 Å². The molecule has 43 heavy (non-hydrogen) atoms. The summed E-state index contributed by atoms with van der Waals surface area (Å²) in [5, 5.41) is 33.6. The number of nitrogens with one attached hydrogen (secondary N) is 2. The number of hydrogen-bond acceptors (Lipinski definition) is 7. The van der Waals surface area contributed by atoms with Crippen molar-refractivity contribution >= 4 is 29.7 Å². The van der Waals surface area contributed by atoms with E-state index < -0.39 is 77.3 Å². The lowest BCUT2D eigenvalue weighted by Crippen LogP contribution is -2.65. The van der Waals surface area contributed by atoms with Crippen LogP contribution in [-0.4, -0.2) is 104 Å². The molecule has 5 unspecified atom stereocenters. The molecular formula is C27H36F3N5O8. The van der Waals surface area contributed by atoms with Gasteiger partial charge < -0.3 is 41.5 Å². The number of aliphatic hydroxyl groups excluding tert-OH is 2. The second-order valence-electron chi connectivity index (χ2n) is 10.9. The van der Waals surface area contributed by atoms with E-state index in [2.05, 4.69) is 5.32 Å². The van der Waals surface area contributed by atoms with Gasteiger partial charge in [0.25, 0.3) is 0 Å². The third-order valence-electron chi connectivity index (χ3n) is 7.88. The van der Waals surface area contributed by atoms with E-state index in [4.69, 9.17) is 10.8 Å². The molecule has 2 heterocycles. The Kier molecular flexibility index (Phi) is 10.3. The summed E-state index contributed by atoms with van der Waals surface area (Å²) in [4.78, 5) is 66.8. The molecule has 0 bridgehead atoms. The summed E-state index contributed by atoms with van der Waals surface area (Å²) >= 11 is 0. The second-order valence-corrected chi connectivity index (χ2v) is 10.9.